The standard InChI is InChI=1S/C28H31FN6O2/c1-3-30-28(34-18-5-4-6-20(36)13-18)25-16(2)31-15-22(25)26(37)21-10-12-24(35-27(21)29)33-19-9-11-23(32-14-19)17-7-8-17/h3,9-12,14-15,17-18,20,31,34,36H,2,4-8,13H2,1H3,(H,33,35)/b28-25-,30-3-/t18-,20-/m1/s1. The van der Waals surface area contributed by atoms with Crippen molar-refractivity contribution in [1.82, 2.24) is 20.3 Å². The molecule has 0 saturated heterocycles. The Morgan fingerprint density at radius 1 is 1.22 bits per heavy atom. The summed E-state index contributed by atoms with van der Waals surface area (Å²) in [5, 5.41) is 17.4. The molecule has 2 aliphatic carbocycles. The van der Waals surface area contributed by atoms with Crippen molar-refractivity contribution in [2.45, 2.75) is 63.5 Å². The third-order valence-corrected chi connectivity index (χ3v) is 6.84. The van der Waals surface area contributed by atoms with E-state index < -0.39 is 11.7 Å². The van der Waals surface area contributed by atoms with Gasteiger partial charge in [0.2, 0.25) is 5.95 Å². The number of aliphatic imine (C=N–C) groups is 1. The molecular formula is C28H31FN6O2. The first-order valence-corrected chi connectivity index (χ1v) is 12.7. The van der Waals surface area contributed by atoms with Crippen molar-refractivity contribution in [3.8, 4) is 0 Å². The number of aliphatic hydroxyl groups is 1. The highest BCUT2D eigenvalue weighted by Gasteiger charge is 2.25. The average Bonchev–Trinajstić information content (AvgIpc) is 3.65. The van der Waals surface area contributed by atoms with Gasteiger partial charge in [-0.25, -0.2) is 9.98 Å². The van der Waals surface area contributed by atoms with E-state index in [2.05, 4.69) is 37.2 Å². The van der Waals surface area contributed by atoms with Gasteiger partial charge in [-0.15, -0.1) is 0 Å². The zero-order valence-electron chi connectivity index (χ0n) is 20.8. The zero-order valence-corrected chi connectivity index (χ0v) is 20.8. The summed E-state index contributed by atoms with van der Waals surface area (Å²) >= 11 is 0. The van der Waals surface area contributed by atoms with Crippen molar-refractivity contribution in [2.75, 3.05) is 5.32 Å². The van der Waals surface area contributed by atoms with Crippen LogP contribution in [0, 0.1) is 5.95 Å². The van der Waals surface area contributed by atoms with E-state index in [0.717, 1.165) is 25.0 Å². The third-order valence-electron chi connectivity index (χ3n) is 6.84. The molecule has 2 aliphatic rings. The summed E-state index contributed by atoms with van der Waals surface area (Å²) in [4.78, 5) is 29.3. The molecule has 0 aromatic carbocycles. The summed E-state index contributed by atoms with van der Waals surface area (Å²) < 4.78 is 15.1. The fraction of sp³-hybridized carbons (Fsp3) is 0.357. The van der Waals surface area contributed by atoms with Crippen LogP contribution < -0.4 is 21.2 Å². The number of aromatic amines is 1. The van der Waals surface area contributed by atoms with E-state index in [1.54, 1.807) is 25.4 Å². The summed E-state index contributed by atoms with van der Waals surface area (Å²) in [6, 6.07) is 6.86. The fourth-order valence-electron chi connectivity index (χ4n) is 4.77. The molecule has 4 N–H and O–H groups in total. The highest BCUT2D eigenvalue weighted by atomic mass is 19.1. The number of halogens is 1. The lowest BCUT2D eigenvalue weighted by molar-refractivity contribution is 0.103. The summed E-state index contributed by atoms with van der Waals surface area (Å²) in [5.74, 6) is -0.105. The number of aliphatic hydroxyl groups excluding tert-OH is 1. The van der Waals surface area contributed by atoms with Crippen LogP contribution in [0.3, 0.4) is 0 Å². The third kappa shape index (κ3) is 5.61. The van der Waals surface area contributed by atoms with Gasteiger partial charge in [0, 0.05) is 35.4 Å². The molecule has 2 saturated carbocycles. The van der Waals surface area contributed by atoms with Gasteiger partial charge in [-0.05, 0) is 69.7 Å². The molecule has 37 heavy (non-hydrogen) atoms. The second-order valence-electron chi connectivity index (χ2n) is 9.69. The topological polar surface area (TPSA) is 115 Å². The SMILES string of the molecule is C=c1[nH]cc(C(=O)c2ccc(Nc3ccc(C4CC4)nc3)nc2F)/c1=C(/N=C\C)N[C@@H]1CCC[C@@H](O)C1. The highest BCUT2D eigenvalue weighted by molar-refractivity contribution is 6.09. The van der Waals surface area contributed by atoms with Gasteiger partial charge in [-0.3, -0.25) is 9.78 Å². The number of pyridine rings is 2. The van der Waals surface area contributed by atoms with Crippen molar-refractivity contribution in [2.24, 2.45) is 4.99 Å². The highest BCUT2D eigenvalue weighted by Crippen LogP contribution is 2.39. The molecule has 0 spiro atoms. The minimum absolute atomic E-state index is 0.0105. The molecule has 2 atom stereocenters. The molecule has 0 radical (unpaired) electrons. The van der Waals surface area contributed by atoms with Crippen LogP contribution in [-0.2, 0) is 0 Å². The van der Waals surface area contributed by atoms with Crippen molar-refractivity contribution in [1.29, 1.82) is 0 Å². The van der Waals surface area contributed by atoms with Crippen molar-refractivity contribution >= 4 is 35.9 Å². The normalized spacial score (nSPS) is 20.6. The summed E-state index contributed by atoms with van der Waals surface area (Å²) in [5.41, 5.74) is 1.85. The van der Waals surface area contributed by atoms with Crippen LogP contribution in [0.15, 0.2) is 41.7 Å². The zero-order chi connectivity index (χ0) is 25.9. The van der Waals surface area contributed by atoms with Crippen LogP contribution in [0.2, 0.25) is 0 Å². The number of carbonyl (C=O) groups is 1. The molecule has 192 valence electrons. The molecule has 0 aliphatic heterocycles. The number of nitrogens with zero attached hydrogens (tertiary/aromatic N) is 3. The Labute approximate surface area is 214 Å². The van der Waals surface area contributed by atoms with Gasteiger partial charge in [0.05, 0.1) is 34.3 Å². The first-order valence-electron chi connectivity index (χ1n) is 12.7. The number of carbonyl (C=O) groups excluding carboxylic acids is 1. The maximum absolute atomic E-state index is 15.1. The monoisotopic (exact) mass is 502 g/mol. The minimum Gasteiger partial charge on any atom is -0.393 e. The van der Waals surface area contributed by atoms with E-state index in [4.69, 9.17) is 0 Å². The molecule has 0 unspecified atom stereocenters. The van der Waals surface area contributed by atoms with Crippen LogP contribution in [-0.4, -0.2) is 44.2 Å². The smallest absolute Gasteiger partial charge is 0.226 e. The minimum atomic E-state index is -0.876. The number of hydrogen-bond donors (Lipinski definition) is 4. The van der Waals surface area contributed by atoms with Crippen molar-refractivity contribution < 1.29 is 14.3 Å². The van der Waals surface area contributed by atoms with Crippen LogP contribution in [0.1, 0.15) is 73.0 Å². The molecule has 0 amide bonds. The van der Waals surface area contributed by atoms with E-state index in [9.17, 15) is 9.90 Å². The van der Waals surface area contributed by atoms with Crippen LogP contribution >= 0.6 is 0 Å². The van der Waals surface area contributed by atoms with Gasteiger partial charge in [0.1, 0.15) is 11.6 Å². The van der Waals surface area contributed by atoms with Gasteiger partial charge in [-0.2, -0.15) is 4.39 Å². The molecular weight excluding hydrogens is 471 g/mol. The molecule has 9 heteroatoms. The van der Waals surface area contributed by atoms with Gasteiger partial charge in [0.25, 0.3) is 0 Å². The molecule has 2 fully saturated rings. The van der Waals surface area contributed by atoms with E-state index >= 15 is 4.39 Å². The first kappa shape index (κ1) is 24.8. The lowest BCUT2D eigenvalue weighted by Gasteiger charge is -2.27. The number of anilines is 2. The van der Waals surface area contributed by atoms with E-state index in [1.165, 1.54) is 25.1 Å². The number of H-pyrrole nitrogens is 1. The Bertz CT molecular complexity index is 1430. The van der Waals surface area contributed by atoms with Gasteiger partial charge in [0.15, 0.2) is 5.78 Å². The number of nitrogens with one attached hydrogen (secondary N) is 3. The molecule has 0 bridgehead atoms. The Balaban J connectivity index is 1.41. The predicted molar refractivity (Wildman–Crippen MR) is 142 cm³/mol. The average molecular weight is 503 g/mol. The predicted octanol–water partition coefficient (Wildman–Crippen LogP) is 3.26. The molecule has 5 rings (SSSR count). The van der Waals surface area contributed by atoms with Crippen molar-refractivity contribution in [3.63, 3.8) is 0 Å². The number of hydrogen-bond acceptors (Lipinski definition) is 7. The first-order chi connectivity index (χ1) is 17.9. The van der Waals surface area contributed by atoms with Gasteiger partial charge >= 0.3 is 0 Å². The fourth-order valence-corrected chi connectivity index (χ4v) is 4.77. The summed E-state index contributed by atoms with van der Waals surface area (Å²) in [7, 11) is 0. The maximum atomic E-state index is 15.1. The molecule has 3 aromatic heterocycles. The van der Waals surface area contributed by atoms with E-state index in [1.807, 2.05) is 12.1 Å². The summed E-state index contributed by atoms with van der Waals surface area (Å²) in [6.45, 7) is 5.79. The number of rotatable bonds is 8. The maximum Gasteiger partial charge on any atom is 0.226 e. The second kappa shape index (κ2) is 10.6. The Kier molecular flexibility index (Phi) is 7.14. The molecule has 3 aromatic rings. The van der Waals surface area contributed by atoms with Crippen LogP contribution in [0.4, 0.5) is 15.9 Å². The largest absolute Gasteiger partial charge is 0.393 e. The lowest BCUT2D eigenvalue weighted by atomic mass is 9.93. The Morgan fingerprint density at radius 2 is 2.05 bits per heavy atom. The quantitative estimate of drug-likeness (QED) is 0.214. The number of ketones is 1. The van der Waals surface area contributed by atoms with E-state index in [-0.39, 0.29) is 29.1 Å². The van der Waals surface area contributed by atoms with Crippen LogP contribution in [0.5, 0.6) is 0 Å². The van der Waals surface area contributed by atoms with E-state index in [0.29, 0.717) is 34.4 Å². The molecule has 3 heterocycles. The van der Waals surface area contributed by atoms with Crippen LogP contribution in [0.25, 0.3) is 12.4 Å². The van der Waals surface area contributed by atoms with Gasteiger partial charge in [-0.1, -0.05) is 6.58 Å². The number of aromatic nitrogens is 3. The Morgan fingerprint density at radius 3 is 2.73 bits per heavy atom. The Hall–Kier alpha value is -3.85. The second-order valence-corrected chi connectivity index (χ2v) is 9.69. The molecule has 8 nitrogen and oxygen atoms in total. The van der Waals surface area contributed by atoms with Crippen molar-refractivity contribution in [3.05, 3.63) is 70.0 Å². The lowest BCUT2D eigenvalue weighted by Crippen LogP contribution is -2.40. The van der Waals surface area contributed by atoms with Gasteiger partial charge < -0.3 is 20.7 Å². The summed E-state index contributed by atoms with van der Waals surface area (Å²) in [6.07, 6.45) is 9.96.